The van der Waals surface area contributed by atoms with Crippen molar-refractivity contribution in [2.75, 3.05) is 24.5 Å². The smallest absolute Gasteiger partial charge is 0.224 e. The van der Waals surface area contributed by atoms with Gasteiger partial charge >= 0.3 is 0 Å². The van der Waals surface area contributed by atoms with Crippen LogP contribution in [0.3, 0.4) is 0 Å². The van der Waals surface area contributed by atoms with Gasteiger partial charge in [-0.15, -0.1) is 0 Å². The number of carbonyl (C=O) groups is 1. The third-order valence-electron chi connectivity index (χ3n) is 4.46. The van der Waals surface area contributed by atoms with Gasteiger partial charge in [0, 0.05) is 31.2 Å². The van der Waals surface area contributed by atoms with Crippen molar-refractivity contribution in [3.63, 3.8) is 0 Å². The topological polar surface area (TPSA) is 45.2 Å². The first kappa shape index (κ1) is 17.0. The number of piperidine rings is 1. The molecule has 6 heteroatoms. The summed E-state index contributed by atoms with van der Waals surface area (Å²) in [5, 5.41) is 4.03. The maximum absolute atomic E-state index is 14.9. The molecule has 1 aliphatic heterocycles. The molecule has 0 radical (unpaired) electrons. The molecule has 0 aliphatic carbocycles. The SMILES string of the molecule is CCCNC(=O)C1CCCN(c2ccc3c(Cl)ccnc3c2F)C1. The van der Waals surface area contributed by atoms with Crippen molar-refractivity contribution in [3.05, 3.63) is 35.2 Å². The Morgan fingerprint density at radius 3 is 3.08 bits per heavy atom. The molecule has 1 saturated heterocycles. The van der Waals surface area contributed by atoms with Gasteiger partial charge in [0.1, 0.15) is 5.52 Å². The number of nitrogens with zero attached hydrogens (tertiary/aromatic N) is 2. The quantitative estimate of drug-likeness (QED) is 0.913. The van der Waals surface area contributed by atoms with Crippen LogP contribution < -0.4 is 10.2 Å². The van der Waals surface area contributed by atoms with Gasteiger partial charge in [-0.05, 0) is 37.5 Å². The highest BCUT2D eigenvalue weighted by molar-refractivity contribution is 6.35. The molecule has 1 unspecified atom stereocenters. The predicted octanol–water partition coefficient (Wildman–Crippen LogP) is 3.77. The molecule has 24 heavy (non-hydrogen) atoms. The lowest BCUT2D eigenvalue weighted by molar-refractivity contribution is -0.125. The summed E-state index contributed by atoms with van der Waals surface area (Å²) >= 11 is 6.11. The number of amides is 1. The number of halogens is 2. The van der Waals surface area contributed by atoms with Crippen molar-refractivity contribution in [2.24, 2.45) is 5.92 Å². The maximum atomic E-state index is 14.9. The first-order valence-corrected chi connectivity index (χ1v) is 8.75. The zero-order valence-corrected chi connectivity index (χ0v) is 14.4. The summed E-state index contributed by atoms with van der Waals surface area (Å²) in [6.45, 7) is 3.97. The summed E-state index contributed by atoms with van der Waals surface area (Å²) < 4.78 is 14.9. The Morgan fingerprint density at radius 1 is 1.46 bits per heavy atom. The van der Waals surface area contributed by atoms with E-state index in [0.29, 0.717) is 29.2 Å². The van der Waals surface area contributed by atoms with Gasteiger partial charge in [0.25, 0.3) is 0 Å². The van der Waals surface area contributed by atoms with E-state index in [1.807, 2.05) is 11.8 Å². The van der Waals surface area contributed by atoms with Crippen LogP contribution in [0.15, 0.2) is 24.4 Å². The average Bonchev–Trinajstić information content (AvgIpc) is 2.61. The highest BCUT2D eigenvalue weighted by Gasteiger charge is 2.27. The van der Waals surface area contributed by atoms with Crippen molar-refractivity contribution in [1.82, 2.24) is 10.3 Å². The lowest BCUT2D eigenvalue weighted by Gasteiger charge is -2.34. The van der Waals surface area contributed by atoms with E-state index in [0.717, 1.165) is 25.8 Å². The van der Waals surface area contributed by atoms with Gasteiger partial charge in [0.05, 0.1) is 16.6 Å². The largest absolute Gasteiger partial charge is 0.368 e. The molecule has 4 nitrogen and oxygen atoms in total. The summed E-state index contributed by atoms with van der Waals surface area (Å²) in [5.74, 6) is -0.416. The lowest BCUT2D eigenvalue weighted by Crippen LogP contribution is -2.43. The number of hydrogen-bond acceptors (Lipinski definition) is 3. The monoisotopic (exact) mass is 349 g/mol. The molecule has 1 aliphatic rings. The minimum Gasteiger partial charge on any atom is -0.368 e. The summed E-state index contributed by atoms with van der Waals surface area (Å²) in [6.07, 6.45) is 4.12. The molecule has 1 fully saturated rings. The summed E-state index contributed by atoms with van der Waals surface area (Å²) in [5.41, 5.74) is 0.766. The van der Waals surface area contributed by atoms with Crippen LogP contribution >= 0.6 is 11.6 Å². The Balaban J connectivity index is 1.85. The second kappa shape index (κ2) is 7.34. The predicted molar refractivity (Wildman–Crippen MR) is 94.9 cm³/mol. The summed E-state index contributed by atoms with van der Waals surface area (Å²) in [6, 6.07) is 5.18. The van der Waals surface area contributed by atoms with Gasteiger partial charge in [0.2, 0.25) is 5.91 Å². The number of anilines is 1. The van der Waals surface area contributed by atoms with Gasteiger partial charge in [-0.25, -0.2) is 4.39 Å². The van der Waals surface area contributed by atoms with Gasteiger partial charge in [0.15, 0.2) is 5.82 Å². The van der Waals surface area contributed by atoms with E-state index in [1.54, 1.807) is 18.2 Å². The Bertz CT molecular complexity index is 752. The molecule has 3 rings (SSSR count). The lowest BCUT2D eigenvalue weighted by atomic mass is 9.96. The van der Waals surface area contributed by atoms with Crippen LogP contribution in [0.4, 0.5) is 10.1 Å². The van der Waals surface area contributed by atoms with Gasteiger partial charge in [-0.2, -0.15) is 0 Å². The molecule has 1 atom stereocenters. The molecule has 0 bridgehead atoms. The van der Waals surface area contributed by atoms with E-state index in [2.05, 4.69) is 10.3 Å². The van der Waals surface area contributed by atoms with Crippen molar-refractivity contribution in [3.8, 4) is 0 Å². The van der Waals surface area contributed by atoms with Crippen molar-refractivity contribution in [2.45, 2.75) is 26.2 Å². The average molecular weight is 350 g/mol. The number of nitrogens with one attached hydrogen (secondary N) is 1. The fraction of sp³-hybridized carbons (Fsp3) is 0.444. The Morgan fingerprint density at radius 2 is 2.29 bits per heavy atom. The molecule has 128 valence electrons. The standard InChI is InChI=1S/C18H21ClFN3O/c1-2-8-22-18(24)12-4-3-10-23(11-12)15-6-5-13-14(19)7-9-21-17(13)16(15)20/h5-7,9,12H,2-4,8,10-11H2,1H3,(H,22,24). The van der Waals surface area contributed by atoms with Crippen LogP contribution in [-0.2, 0) is 4.79 Å². The summed E-state index contributed by atoms with van der Waals surface area (Å²) in [4.78, 5) is 18.3. The highest BCUT2D eigenvalue weighted by atomic mass is 35.5. The van der Waals surface area contributed by atoms with Crippen LogP contribution in [0.2, 0.25) is 5.02 Å². The van der Waals surface area contributed by atoms with Crippen LogP contribution in [0.25, 0.3) is 10.9 Å². The van der Waals surface area contributed by atoms with Crippen LogP contribution in [0.1, 0.15) is 26.2 Å². The molecule has 2 heterocycles. The Kier molecular flexibility index (Phi) is 5.19. The zero-order chi connectivity index (χ0) is 17.1. The number of pyridine rings is 1. The van der Waals surface area contributed by atoms with E-state index in [1.165, 1.54) is 6.20 Å². The minimum atomic E-state index is -0.371. The molecule has 1 aromatic heterocycles. The van der Waals surface area contributed by atoms with Crippen molar-refractivity contribution >= 4 is 34.1 Å². The third-order valence-corrected chi connectivity index (χ3v) is 4.79. The van der Waals surface area contributed by atoms with Gasteiger partial charge < -0.3 is 10.2 Å². The first-order valence-electron chi connectivity index (χ1n) is 8.37. The van der Waals surface area contributed by atoms with E-state index in [9.17, 15) is 9.18 Å². The first-order chi connectivity index (χ1) is 11.6. The number of aromatic nitrogens is 1. The maximum Gasteiger partial charge on any atom is 0.224 e. The summed E-state index contributed by atoms with van der Waals surface area (Å²) in [7, 11) is 0. The van der Waals surface area contributed by atoms with E-state index >= 15 is 0 Å². The van der Waals surface area contributed by atoms with E-state index in [4.69, 9.17) is 11.6 Å². The van der Waals surface area contributed by atoms with Crippen molar-refractivity contribution in [1.29, 1.82) is 0 Å². The highest BCUT2D eigenvalue weighted by Crippen LogP contribution is 2.32. The number of hydrogen-bond donors (Lipinski definition) is 1. The molecule has 1 amide bonds. The normalized spacial score (nSPS) is 18.0. The fourth-order valence-corrected chi connectivity index (χ4v) is 3.40. The Hall–Kier alpha value is -1.88. The van der Waals surface area contributed by atoms with E-state index < -0.39 is 0 Å². The molecule has 0 spiro atoms. The zero-order valence-electron chi connectivity index (χ0n) is 13.7. The van der Waals surface area contributed by atoms with Gasteiger partial charge in [-0.1, -0.05) is 18.5 Å². The molecule has 2 aromatic rings. The van der Waals surface area contributed by atoms with Crippen molar-refractivity contribution < 1.29 is 9.18 Å². The number of carbonyl (C=O) groups excluding carboxylic acids is 1. The molecule has 1 N–H and O–H groups in total. The number of benzene rings is 1. The van der Waals surface area contributed by atoms with Crippen LogP contribution in [0, 0.1) is 11.7 Å². The second-order valence-electron chi connectivity index (χ2n) is 6.16. The number of rotatable bonds is 4. The number of fused-ring (bicyclic) bond motifs is 1. The Labute approximate surface area is 146 Å². The molecular formula is C18H21ClFN3O. The van der Waals surface area contributed by atoms with Crippen LogP contribution in [0.5, 0.6) is 0 Å². The molecule has 0 saturated carbocycles. The molecule has 1 aromatic carbocycles. The minimum absolute atomic E-state index is 0.0592. The van der Waals surface area contributed by atoms with Crippen LogP contribution in [-0.4, -0.2) is 30.5 Å². The van der Waals surface area contributed by atoms with Gasteiger partial charge in [-0.3, -0.25) is 9.78 Å². The fourth-order valence-electron chi connectivity index (χ4n) is 3.19. The third kappa shape index (κ3) is 3.31. The second-order valence-corrected chi connectivity index (χ2v) is 6.57. The molecular weight excluding hydrogens is 329 g/mol. The van der Waals surface area contributed by atoms with E-state index in [-0.39, 0.29) is 23.2 Å².